The zero-order valence-electron chi connectivity index (χ0n) is 9.74. The SMILES string of the molecule is Nc1ccc(S(=O)(=O)NC(=O)N2CC(N)C2=O)cc1. The molecule has 1 aromatic carbocycles. The van der Waals surface area contributed by atoms with E-state index in [4.69, 9.17) is 11.5 Å². The van der Waals surface area contributed by atoms with Crippen molar-refractivity contribution in [1.29, 1.82) is 0 Å². The van der Waals surface area contributed by atoms with E-state index < -0.39 is 28.0 Å². The minimum atomic E-state index is -4.03. The van der Waals surface area contributed by atoms with E-state index in [9.17, 15) is 18.0 Å². The lowest BCUT2D eigenvalue weighted by Crippen LogP contribution is -2.65. The number of carbonyl (C=O) groups excluding carboxylic acids is 2. The molecule has 1 unspecified atom stereocenters. The Morgan fingerprint density at radius 1 is 1.32 bits per heavy atom. The van der Waals surface area contributed by atoms with Crippen LogP contribution in [0.25, 0.3) is 0 Å². The molecular weight excluding hydrogens is 272 g/mol. The molecule has 3 amide bonds. The van der Waals surface area contributed by atoms with Crippen molar-refractivity contribution in [3.05, 3.63) is 24.3 Å². The summed E-state index contributed by atoms with van der Waals surface area (Å²) in [4.78, 5) is 23.4. The number of benzene rings is 1. The Balaban J connectivity index is 2.12. The standard InChI is InChI=1S/C10H12N4O4S/c11-6-1-3-7(4-2-6)19(17,18)13-10(16)14-5-8(12)9(14)15/h1-4,8H,5,11-12H2,(H,13,16). The highest BCUT2D eigenvalue weighted by molar-refractivity contribution is 7.90. The second kappa shape index (κ2) is 4.52. The number of anilines is 1. The van der Waals surface area contributed by atoms with Crippen LogP contribution in [0.15, 0.2) is 29.2 Å². The van der Waals surface area contributed by atoms with Crippen molar-refractivity contribution in [3.63, 3.8) is 0 Å². The van der Waals surface area contributed by atoms with Gasteiger partial charge in [0, 0.05) is 5.69 Å². The molecule has 2 rings (SSSR count). The number of likely N-dealkylation sites (tertiary alicyclic amines) is 1. The van der Waals surface area contributed by atoms with Gasteiger partial charge in [-0.15, -0.1) is 0 Å². The Bertz CT molecular complexity index is 625. The van der Waals surface area contributed by atoms with Crippen molar-refractivity contribution in [2.75, 3.05) is 12.3 Å². The molecule has 1 aromatic rings. The van der Waals surface area contributed by atoms with Crippen LogP contribution >= 0.6 is 0 Å². The van der Waals surface area contributed by atoms with Gasteiger partial charge in [-0.1, -0.05) is 0 Å². The van der Waals surface area contributed by atoms with Gasteiger partial charge in [0.1, 0.15) is 6.04 Å². The molecule has 0 aliphatic carbocycles. The number of carbonyl (C=O) groups is 2. The van der Waals surface area contributed by atoms with Crippen molar-refractivity contribution < 1.29 is 18.0 Å². The summed E-state index contributed by atoms with van der Waals surface area (Å²) in [7, 11) is -4.03. The highest BCUT2D eigenvalue weighted by atomic mass is 32.2. The Kier molecular flexibility index (Phi) is 3.16. The highest BCUT2D eigenvalue weighted by Crippen LogP contribution is 2.13. The minimum Gasteiger partial charge on any atom is -0.399 e. The highest BCUT2D eigenvalue weighted by Gasteiger charge is 2.39. The fourth-order valence-electron chi connectivity index (χ4n) is 1.51. The lowest BCUT2D eigenvalue weighted by Gasteiger charge is -2.33. The zero-order chi connectivity index (χ0) is 14.2. The molecule has 1 fully saturated rings. The van der Waals surface area contributed by atoms with Gasteiger partial charge >= 0.3 is 6.03 Å². The molecule has 8 nitrogen and oxygen atoms in total. The molecule has 0 bridgehead atoms. The summed E-state index contributed by atoms with van der Waals surface area (Å²) in [5.74, 6) is -0.606. The number of imide groups is 1. The van der Waals surface area contributed by atoms with Gasteiger partial charge in [-0.2, -0.15) is 0 Å². The zero-order valence-corrected chi connectivity index (χ0v) is 10.6. The minimum absolute atomic E-state index is 0.00191. The van der Waals surface area contributed by atoms with Gasteiger partial charge in [0.2, 0.25) is 5.91 Å². The first-order valence-corrected chi connectivity index (χ1v) is 6.79. The largest absolute Gasteiger partial charge is 0.399 e. The molecule has 19 heavy (non-hydrogen) atoms. The molecule has 0 radical (unpaired) electrons. The summed E-state index contributed by atoms with van der Waals surface area (Å²) in [6, 6.07) is 3.55. The lowest BCUT2D eigenvalue weighted by atomic mass is 10.1. The molecule has 1 atom stereocenters. The topological polar surface area (TPSA) is 136 Å². The summed E-state index contributed by atoms with van der Waals surface area (Å²) in [6.07, 6.45) is 0. The maximum Gasteiger partial charge on any atom is 0.338 e. The van der Waals surface area contributed by atoms with Crippen LogP contribution in [-0.2, 0) is 14.8 Å². The molecule has 0 aromatic heterocycles. The summed E-state index contributed by atoms with van der Waals surface area (Å²) < 4.78 is 25.5. The Morgan fingerprint density at radius 3 is 2.37 bits per heavy atom. The summed E-state index contributed by atoms with van der Waals surface area (Å²) in [5, 5.41) is 0. The van der Waals surface area contributed by atoms with Gasteiger partial charge in [-0.05, 0) is 24.3 Å². The molecule has 5 N–H and O–H groups in total. The normalized spacial score (nSPS) is 18.9. The number of hydrogen-bond acceptors (Lipinski definition) is 6. The van der Waals surface area contributed by atoms with E-state index in [0.717, 1.165) is 4.90 Å². The van der Waals surface area contributed by atoms with Gasteiger partial charge in [-0.3, -0.25) is 9.69 Å². The fraction of sp³-hybridized carbons (Fsp3) is 0.200. The molecule has 0 saturated carbocycles. The van der Waals surface area contributed by atoms with E-state index in [-0.39, 0.29) is 11.4 Å². The fourth-order valence-corrected chi connectivity index (χ4v) is 2.46. The summed E-state index contributed by atoms with van der Waals surface area (Å²) in [5.41, 5.74) is 11.1. The van der Waals surface area contributed by atoms with E-state index in [1.807, 2.05) is 0 Å². The van der Waals surface area contributed by atoms with Crippen LogP contribution in [-0.4, -0.2) is 37.8 Å². The van der Waals surface area contributed by atoms with Gasteiger partial charge < -0.3 is 11.5 Å². The van der Waals surface area contributed by atoms with Crippen LogP contribution in [0, 0.1) is 0 Å². The van der Waals surface area contributed by atoms with Gasteiger partial charge in [0.15, 0.2) is 0 Å². The third-order valence-electron chi connectivity index (χ3n) is 2.62. The van der Waals surface area contributed by atoms with Crippen LogP contribution < -0.4 is 16.2 Å². The average molecular weight is 284 g/mol. The van der Waals surface area contributed by atoms with Crippen molar-refractivity contribution in [1.82, 2.24) is 9.62 Å². The Hall–Kier alpha value is -2.13. The van der Waals surface area contributed by atoms with Crippen LogP contribution in [0.1, 0.15) is 0 Å². The number of rotatable bonds is 2. The van der Waals surface area contributed by atoms with Crippen LogP contribution in [0.4, 0.5) is 10.5 Å². The number of sulfonamides is 1. The molecule has 1 aliphatic rings. The molecule has 1 saturated heterocycles. The molecule has 102 valence electrons. The third-order valence-corrected chi connectivity index (χ3v) is 3.96. The van der Waals surface area contributed by atoms with E-state index >= 15 is 0 Å². The number of β-lactam (4-membered cyclic amide) rings is 1. The van der Waals surface area contributed by atoms with Crippen LogP contribution in [0.2, 0.25) is 0 Å². The van der Waals surface area contributed by atoms with Crippen molar-refractivity contribution in [2.24, 2.45) is 5.73 Å². The maximum atomic E-state index is 11.8. The van der Waals surface area contributed by atoms with E-state index in [1.165, 1.54) is 24.3 Å². The van der Waals surface area contributed by atoms with Crippen LogP contribution in [0.3, 0.4) is 0 Å². The molecule has 1 heterocycles. The van der Waals surface area contributed by atoms with Crippen LogP contribution in [0.5, 0.6) is 0 Å². The molecule has 0 spiro atoms. The average Bonchev–Trinajstić information content (AvgIpc) is 2.35. The monoisotopic (exact) mass is 284 g/mol. The Labute approximate surface area is 109 Å². The van der Waals surface area contributed by atoms with E-state index in [2.05, 4.69) is 0 Å². The molecular formula is C10H12N4O4S. The first kappa shape index (κ1) is 13.3. The number of nitrogens with two attached hydrogens (primary N) is 2. The van der Waals surface area contributed by atoms with E-state index in [1.54, 1.807) is 4.72 Å². The van der Waals surface area contributed by atoms with Gasteiger partial charge in [0.25, 0.3) is 10.0 Å². The number of urea groups is 1. The Morgan fingerprint density at radius 2 is 1.89 bits per heavy atom. The van der Waals surface area contributed by atoms with Crippen molar-refractivity contribution >= 4 is 27.6 Å². The predicted molar refractivity (Wildman–Crippen MR) is 66.3 cm³/mol. The summed E-state index contributed by atoms with van der Waals surface area (Å²) in [6.45, 7) is 0.00191. The second-order valence-corrected chi connectivity index (χ2v) is 5.72. The number of nitrogens with zero attached hydrogens (tertiary/aromatic N) is 1. The number of nitrogens with one attached hydrogen (secondary N) is 1. The maximum absolute atomic E-state index is 11.8. The molecule has 9 heteroatoms. The number of amides is 3. The number of nitrogen functional groups attached to an aromatic ring is 1. The quantitative estimate of drug-likeness (QED) is 0.463. The van der Waals surface area contributed by atoms with Crippen molar-refractivity contribution in [3.8, 4) is 0 Å². The van der Waals surface area contributed by atoms with Crippen molar-refractivity contribution in [2.45, 2.75) is 10.9 Å². The van der Waals surface area contributed by atoms with E-state index in [0.29, 0.717) is 5.69 Å². The second-order valence-electron chi connectivity index (χ2n) is 4.04. The smallest absolute Gasteiger partial charge is 0.338 e. The first-order valence-electron chi connectivity index (χ1n) is 5.30. The lowest BCUT2D eigenvalue weighted by molar-refractivity contribution is -0.137. The summed E-state index contributed by atoms with van der Waals surface area (Å²) >= 11 is 0. The first-order chi connectivity index (χ1) is 8.81. The third kappa shape index (κ3) is 2.51. The molecule has 1 aliphatic heterocycles. The number of hydrogen-bond donors (Lipinski definition) is 3. The van der Waals surface area contributed by atoms with Gasteiger partial charge in [0.05, 0.1) is 11.4 Å². The predicted octanol–water partition coefficient (Wildman–Crippen LogP) is -1.16. The van der Waals surface area contributed by atoms with Gasteiger partial charge in [-0.25, -0.2) is 17.9 Å².